The van der Waals surface area contributed by atoms with Gasteiger partial charge in [-0.05, 0) is 18.2 Å². The molecule has 0 saturated heterocycles. The van der Waals surface area contributed by atoms with Crippen LogP contribution in [0.5, 0.6) is 0 Å². The van der Waals surface area contributed by atoms with Crippen LogP contribution in [-0.4, -0.2) is 16.0 Å². The number of halogens is 1. The number of rotatable bonds is 4. The summed E-state index contributed by atoms with van der Waals surface area (Å²) >= 11 is 0.963. The minimum absolute atomic E-state index is 0.0596. The predicted octanol–water partition coefficient (Wildman–Crippen LogP) is 3.58. The maximum absolute atomic E-state index is 13.3. The molecule has 20 heavy (non-hydrogen) atoms. The Hall–Kier alpha value is -2.41. The van der Waals surface area contributed by atoms with E-state index in [2.05, 4.69) is 0 Å². The number of non-ortho nitro benzene ring substituents is 1. The highest BCUT2D eigenvalue weighted by atomic mass is 32.2. The van der Waals surface area contributed by atoms with Gasteiger partial charge in [0.1, 0.15) is 5.82 Å². The van der Waals surface area contributed by atoms with Gasteiger partial charge in [-0.15, -0.1) is 0 Å². The molecule has 0 aliphatic heterocycles. The Morgan fingerprint density at radius 1 is 1.25 bits per heavy atom. The SMILES string of the molecule is O=C(O)c1ccccc1Sc1cc(F)cc([N+](=O)[O-])c1. The van der Waals surface area contributed by atoms with Crippen LogP contribution in [-0.2, 0) is 0 Å². The van der Waals surface area contributed by atoms with Crippen molar-refractivity contribution in [2.24, 2.45) is 0 Å². The van der Waals surface area contributed by atoms with Crippen LogP contribution >= 0.6 is 11.8 Å². The zero-order valence-electron chi connectivity index (χ0n) is 9.95. The molecule has 0 radical (unpaired) electrons. The number of benzene rings is 2. The lowest BCUT2D eigenvalue weighted by Gasteiger charge is -2.05. The Bertz CT molecular complexity index is 690. The van der Waals surface area contributed by atoms with Crippen LogP contribution < -0.4 is 0 Å². The first-order chi connectivity index (χ1) is 9.47. The van der Waals surface area contributed by atoms with Gasteiger partial charge in [0.15, 0.2) is 0 Å². The van der Waals surface area contributed by atoms with E-state index in [1.165, 1.54) is 12.1 Å². The molecule has 2 aromatic carbocycles. The quantitative estimate of drug-likeness (QED) is 0.688. The fourth-order valence-corrected chi connectivity index (χ4v) is 2.59. The van der Waals surface area contributed by atoms with Crippen LogP contribution in [0, 0.1) is 15.9 Å². The molecule has 0 atom stereocenters. The molecular weight excluding hydrogens is 285 g/mol. The Morgan fingerprint density at radius 3 is 2.60 bits per heavy atom. The van der Waals surface area contributed by atoms with Crippen molar-refractivity contribution in [2.45, 2.75) is 9.79 Å². The van der Waals surface area contributed by atoms with Crippen molar-refractivity contribution in [3.05, 3.63) is 64.0 Å². The van der Waals surface area contributed by atoms with Crippen LogP contribution in [0.3, 0.4) is 0 Å². The zero-order valence-corrected chi connectivity index (χ0v) is 10.8. The van der Waals surface area contributed by atoms with Gasteiger partial charge in [0.25, 0.3) is 5.69 Å². The Morgan fingerprint density at radius 2 is 1.95 bits per heavy atom. The Kier molecular flexibility index (Phi) is 3.99. The van der Waals surface area contributed by atoms with Crippen molar-refractivity contribution in [2.75, 3.05) is 0 Å². The molecule has 0 aliphatic carbocycles. The van der Waals surface area contributed by atoms with Crippen LogP contribution in [0.4, 0.5) is 10.1 Å². The lowest BCUT2D eigenvalue weighted by Crippen LogP contribution is -1.98. The molecule has 2 aromatic rings. The van der Waals surface area contributed by atoms with Crippen molar-refractivity contribution in [1.29, 1.82) is 0 Å². The van der Waals surface area contributed by atoms with Gasteiger partial charge in [-0.3, -0.25) is 10.1 Å². The number of carboxylic acids is 1. The number of carbonyl (C=O) groups is 1. The summed E-state index contributed by atoms with van der Waals surface area (Å²) in [5.74, 6) is -1.85. The molecule has 102 valence electrons. The summed E-state index contributed by atoms with van der Waals surface area (Å²) in [5.41, 5.74) is -0.315. The molecule has 5 nitrogen and oxygen atoms in total. The molecule has 0 heterocycles. The molecule has 0 spiro atoms. The summed E-state index contributed by atoms with van der Waals surface area (Å²) in [7, 11) is 0. The predicted molar refractivity (Wildman–Crippen MR) is 70.6 cm³/mol. The van der Waals surface area contributed by atoms with E-state index in [9.17, 15) is 19.3 Å². The lowest BCUT2D eigenvalue weighted by atomic mass is 10.2. The molecule has 1 N–H and O–H groups in total. The summed E-state index contributed by atoms with van der Waals surface area (Å²) < 4.78 is 13.3. The summed E-state index contributed by atoms with van der Waals surface area (Å²) in [6, 6.07) is 9.32. The number of hydrogen-bond acceptors (Lipinski definition) is 4. The first-order valence-corrected chi connectivity index (χ1v) is 6.24. The Labute approximate surface area is 117 Å². The van der Waals surface area contributed by atoms with Crippen molar-refractivity contribution < 1.29 is 19.2 Å². The Balaban J connectivity index is 2.40. The van der Waals surface area contributed by atoms with E-state index in [-0.39, 0.29) is 16.1 Å². The summed E-state index contributed by atoms with van der Waals surface area (Å²) in [6.07, 6.45) is 0. The molecule has 0 bridgehead atoms. The van der Waals surface area contributed by atoms with Gasteiger partial charge in [-0.2, -0.15) is 0 Å². The monoisotopic (exact) mass is 293 g/mol. The fraction of sp³-hybridized carbons (Fsp3) is 0. The summed E-state index contributed by atoms with van der Waals surface area (Å²) in [6.45, 7) is 0. The van der Waals surface area contributed by atoms with Crippen LogP contribution in [0.15, 0.2) is 52.3 Å². The number of carboxylic acid groups (broad SMARTS) is 1. The average molecular weight is 293 g/mol. The highest BCUT2D eigenvalue weighted by Crippen LogP contribution is 2.33. The van der Waals surface area contributed by atoms with Gasteiger partial charge >= 0.3 is 5.97 Å². The van der Waals surface area contributed by atoms with Crippen molar-refractivity contribution in [1.82, 2.24) is 0 Å². The van der Waals surface area contributed by atoms with Gasteiger partial charge in [-0.25, -0.2) is 9.18 Å². The van der Waals surface area contributed by atoms with E-state index >= 15 is 0 Å². The van der Waals surface area contributed by atoms with Crippen molar-refractivity contribution in [3.63, 3.8) is 0 Å². The standard InChI is InChI=1S/C13H8FNO4S/c14-8-5-9(15(18)19)7-10(6-8)20-12-4-2-1-3-11(12)13(16)17/h1-7H,(H,16,17). The van der Waals surface area contributed by atoms with Crippen LogP contribution in [0.25, 0.3) is 0 Å². The molecule has 0 saturated carbocycles. The lowest BCUT2D eigenvalue weighted by molar-refractivity contribution is -0.385. The maximum Gasteiger partial charge on any atom is 0.336 e. The minimum Gasteiger partial charge on any atom is -0.478 e. The molecule has 0 fully saturated rings. The van der Waals surface area contributed by atoms with Crippen molar-refractivity contribution >= 4 is 23.4 Å². The molecule has 2 rings (SSSR count). The molecule has 0 aliphatic rings. The second-order valence-corrected chi connectivity index (χ2v) is 4.92. The second kappa shape index (κ2) is 5.70. The molecule has 0 aromatic heterocycles. The van der Waals surface area contributed by atoms with E-state index in [4.69, 9.17) is 5.11 Å². The van der Waals surface area contributed by atoms with Gasteiger partial charge < -0.3 is 5.11 Å². The van der Waals surface area contributed by atoms with Gasteiger partial charge in [0.05, 0.1) is 16.6 Å². The van der Waals surface area contributed by atoms with Crippen LogP contribution in [0.2, 0.25) is 0 Å². The van der Waals surface area contributed by atoms with E-state index in [1.807, 2.05) is 0 Å². The highest BCUT2D eigenvalue weighted by molar-refractivity contribution is 7.99. The van der Waals surface area contributed by atoms with E-state index < -0.39 is 16.7 Å². The largest absolute Gasteiger partial charge is 0.478 e. The minimum atomic E-state index is -1.11. The number of hydrogen-bond donors (Lipinski definition) is 1. The number of nitro groups is 1. The van der Waals surface area contributed by atoms with E-state index in [0.717, 1.165) is 23.9 Å². The average Bonchev–Trinajstić information content (AvgIpc) is 2.38. The third-order valence-corrected chi connectivity index (χ3v) is 3.46. The number of aromatic carboxylic acids is 1. The number of nitro benzene ring substituents is 1. The third-order valence-electron chi connectivity index (χ3n) is 2.41. The normalized spacial score (nSPS) is 10.2. The topological polar surface area (TPSA) is 80.4 Å². The van der Waals surface area contributed by atoms with E-state index in [0.29, 0.717) is 4.90 Å². The molecule has 7 heteroatoms. The molecule has 0 amide bonds. The van der Waals surface area contributed by atoms with Crippen molar-refractivity contribution in [3.8, 4) is 0 Å². The van der Waals surface area contributed by atoms with Crippen LogP contribution in [0.1, 0.15) is 10.4 Å². The van der Waals surface area contributed by atoms with Gasteiger partial charge in [-0.1, -0.05) is 23.9 Å². The maximum atomic E-state index is 13.3. The number of nitrogens with zero attached hydrogens (tertiary/aromatic N) is 1. The summed E-state index contributed by atoms with van der Waals surface area (Å²) in [4.78, 5) is 21.7. The second-order valence-electron chi connectivity index (χ2n) is 3.81. The summed E-state index contributed by atoms with van der Waals surface area (Å²) in [5, 5.41) is 19.7. The molecular formula is C13H8FNO4S. The smallest absolute Gasteiger partial charge is 0.336 e. The van der Waals surface area contributed by atoms with E-state index in [1.54, 1.807) is 18.2 Å². The van der Waals surface area contributed by atoms with Gasteiger partial charge in [0.2, 0.25) is 0 Å². The first kappa shape index (κ1) is 14.0. The zero-order chi connectivity index (χ0) is 14.7. The third kappa shape index (κ3) is 3.12. The first-order valence-electron chi connectivity index (χ1n) is 5.42. The fourth-order valence-electron chi connectivity index (χ4n) is 1.57. The molecule has 0 unspecified atom stereocenters. The van der Waals surface area contributed by atoms with Gasteiger partial charge in [0, 0.05) is 15.9 Å². The highest BCUT2D eigenvalue weighted by Gasteiger charge is 2.14.